The summed E-state index contributed by atoms with van der Waals surface area (Å²) in [5.41, 5.74) is 1.40. The van der Waals surface area contributed by atoms with Crippen LogP contribution in [0.4, 0.5) is 5.69 Å². The highest BCUT2D eigenvalue weighted by atomic mass is 35.5. The number of benzene rings is 2. The Morgan fingerprint density at radius 3 is 2.39 bits per heavy atom. The number of ether oxygens (including phenoxy) is 1. The molecule has 31 heavy (non-hydrogen) atoms. The van der Waals surface area contributed by atoms with Crippen molar-refractivity contribution in [3.63, 3.8) is 0 Å². The summed E-state index contributed by atoms with van der Waals surface area (Å²) >= 11 is 6.24. The van der Waals surface area contributed by atoms with Crippen LogP contribution in [0.5, 0.6) is 0 Å². The number of nitrogens with one attached hydrogen (secondary N) is 1. The first-order chi connectivity index (χ1) is 14.7. The third-order valence-corrected chi connectivity index (χ3v) is 6.91. The Morgan fingerprint density at radius 1 is 1.13 bits per heavy atom. The standard InChI is InChI=1S/C22H25ClN2O5S/c1-3-30-22(27)16-10-12-25(13-11-16)21(26)19-14-17(6-9-20(19)23)24-31(28,29)18-7-4-15(2)5-8-18/h4-9,14,16,24H,3,10-13H2,1-2H3. The van der Waals surface area contributed by atoms with Crippen molar-refractivity contribution < 1.29 is 22.7 Å². The molecule has 1 heterocycles. The maximum atomic E-state index is 13.0. The number of nitrogens with zero attached hydrogens (tertiary/aromatic N) is 1. The van der Waals surface area contributed by atoms with Crippen LogP contribution < -0.4 is 4.72 Å². The van der Waals surface area contributed by atoms with Gasteiger partial charge in [-0.15, -0.1) is 0 Å². The van der Waals surface area contributed by atoms with Gasteiger partial charge in [0.05, 0.1) is 28.0 Å². The van der Waals surface area contributed by atoms with E-state index in [1.807, 2.05) is 6.92 Å². The molecule has 3 rings (SSSR count). The largest absolute Gasteiger partial charge is 0.466 e. The molecule has 1 aliphatic heterocycles. The summed E-state index contributed by atoms with van der Waals surface area (Å²) in [6.45, 7) is 4.77. The highest BCUT2D eigenvalue weighted by molar-refractivity contribution is 7.92. The first kappa shape index (κ1) is 23.1. The molecule has 2 aromatic carbocycles. The van der Waals surface area contributed by atoms with Gasteiger partial charge in [0.2, 0.25) is 0 Å². The lowest BCUT2D eigenvalue weighted by Crippen LogP contribution is -2.40. The molecular weight excluding hydrogens is 440 g/mol. The van der Waals surface area contributed by atoms with Crippen molar-refractivity contribution in [3.8, 4) is 0 Å². The third kappa shape index (κ3) is 5.57. The average molecular weight is 465 g/mol. The summed E-state index contributed by atoms with van der Waals surface area (Å²) in [7, 11) is -3.80. The number of carbonyl (C=O) groups is 2. The number of amides is 1. The fourth-order valence-electron chi connectivity index (χ4n) is 3.43. The molecule has 0 unspecified atom stereocenters. The second-order valence-corrected chi connectivity index (χ2v) is 9.52. The van der Waals surface area contributed by atoms with Crippen LogP contribution in [-0.2, 0) is 19.6 Å². The molecule has 7 nitrogen and oxygen atoms in total. The number of halogens is 1. The summed E-state index contributed by atoms with van der Waals surface area (Å²) in [5.74, 6) is -0.754. The monoisotopic (exact) mass is 464 g/mol. The van der Waals surface area contributed by atoms with Crippen molar-refractivity contribution in [2.75, 3.05) is 24.4 Å². The first-order valence-corrected chi connectivity index (χ1v) is 11.9. The molecule has 0 spiro atoms. The molecule has 1 saturated heterocycles. The zero-order valence-electron chi connectivity index (χ0n) is 17.4. The molecular formula is C22H25ClN2O5S. The second-order valence-electron chi connectivity index (χ2n) is 7.43. The van der Waals surface area contributed by atoms with Gasteiger partial charge in [-0.3, -0.25) is 14.3 Å². The highest BCUT2D eigenvalue weighted by Gasteiger charge is 2.29. The lowest BCUT2D eigenvalue weighted by atomic mass is 9.96. The van der Waals surface area contributed by atoms with Crippen LogP contribution >= 0.6 is 11.6 Å². The molecule has 1 aliphatic rings. The number of esters is 1. The van der Waals surface area contributed by atoms with Gasteiger partial charge < -0.3 is 9.64 Å². The van der Waals surface area contributed by atoms with Crippen molar-refractivity contribution in [3.05, 3.63) is 58.6 Å². The van der Waals surface area contributed by atoms with Crippen LogP contribution in [0.1, 0.15) is 35.7 Å². The summed E-state index contributed by atoms with van der Waals surface area (Å²) in [6, 6.07) is 10.9. The molecule has 0 radical (unpaired) electrons. The van der Waals surface area contributed by atoms with E-state index in [-0.39, 0.29) is 39.0 Å². The maximum Gasteiger partial charge on any atom is 0.309 e. The van der Waals surface area contributed by atoms with Gasteiger partial charge in [0.25, 0.3) is 15.9 Å². The smallest absolute Gasteiger partial charge is 0.309 e. The van der Waals surface area contributed by atoms with Crippen LogP contribution in [0.15, 0.2) is 47.4 Å². The van der Waals surface area contributed by atoms with Crippen LogP contribution in [0.25, 0.3) is 0 Å². The van der Waals surface area contributed by atoms with E-state index in [9.17, 15) is 18.0 Å². The molecule has 1 N–H and O–H groups in total. The highest BCUT2D eigenvalue weighted by Crippen LogP contribution is 2.27. The number of carbonyl (C=O) groups excluding carboxylic acids is 2. The van der Waals surface area contributed by atoms with Crippen molar-refractivity contribution in [1.29, 1.82) is 0 Å². The van der Waals surface area contributed by atoms with Crippen molar-refractivity contribution in [1.82, 2.24) is 4.90 Å². The normalized spacial score (nSPS) is 14.9. The number of anilines is 1. The molecule has 9 heteroatoms. The maximum absolute atomic E-state index is 13.0. The lowest BCUT2D eigenvalue weighted by Gasteiger charge is -2.31. The number of hydrogen-bond acceptors (Lipinski definition) is 5. The molecule has 0 aliphatic carbocycles. The summed E-state index contributed by atoms with van der Waals surface area (Å²) in [4.78, 5) is 26.6. The number of rotatable bonds is 6. The van der Waals surface area contributed by atoms with Gasteiger partial charge in [0.15, 0.2) is 0 Å². The van der Waals surface area contributed by atoms with Gasteiger partial charge in [0.1, 0.15) is 0 Å². The van der Waals surface area contributed by atoms with Gasteiger partial charge >= 0.3 is 5.97 Å². The second kappa shape index (κ2) is 9.70. The lowest BCUT2D eigenvalue weighted by molar-refractivity contribution is -0.149. The van der Waals surface area contributed by atoms with E-state index in [0.717, 1.165) is 5.56 Å². The van der Waals surface area contributed by atoms with Crippen LogP contribution in [-0.4, -0.2) is 44.9 Å². The minimum atomic E-state index is -3.80. The molecule has 2 aromatic rings. The third-order valence-electron chi connectivity index (χ3n) is 5.18. The fourth-order valence-corrected chi connectivity index (χ4v) is 4.68. The van der Waals surface area contributed by atoms with Gasteiger partial charge in [-0.2, -0.15) is 0 Å². The molecule has 0 saturated carbocycles. The molecule has 0 aromatic heterocycles. The first-order valence-electron chi connectivity index (χ1n) is 10.1. The summed E-state index contributed by atoms with van der Waals surface area (Å²) < 4.78 is 32.9. The van der Waals surface area contributed by atoms with Gasteiger partial charge in [-0.05, 0) is 57.0 Å². The number of piperidine rings is 1. The summed E-state index contributed by atoms with van der Waals surface area (Å²) in [5, 5.41) is 0.232. The van der Waals surface area contributed by atoms with E-state index in [1.54, 1.807) is 24.0 Å². The molecule has 166 valence electrons. The quantitative estimate of drug-likeness (QED) is 0.655. The van der Waals surface area contributed by atoms with Crippen LogP contribution in [0, 0.1) is 12.8 Å². The van der Waals surface area contributed by atoms with Gasteiger partial charge in [-0.1, -0.05) is 29.3 Å². The van der Waals surface area contributed by atoms with E-state index in [1.165, 1.54) is 30.3 Å². The minimum Gasteiger partial charge on any atom is -0.466 e. The Morgan fingerprint density at radius 2 is 1.77 bits per heavy atom. The number of aryl methyl sites for hydroxylation is 1. The molecule has 0 bridgehead atoms. The Balaban J connectivity index is 1.73. The van der Waals surface area contributed by atoms with Gasteiger partial charge in [-0.25, -0.2) is 8.42 Å². The predicted octanol–water partition coefficient (Wildman–Crippen LogP) is 3.86. The predicted molar refractivity (Wildman–Crippen MR) is 119 cm³/mol. The average Bonchev–Trinajstić information content (AvgIpc) is 2.75. The summed E-state index contributed by atoms with van der Waals surface area (Å²) in [6.07, 6.45) is 1.03. The zero-order valence-corrected chi connectivity index (χ0v) is 19.0. The Bertz CT molecular complexity index is 1060. The van der Waals surface area contributed by atoms with Crippen LogP contribution in [0.3, 0.4) is 0 Å². The fraction of sp³-hybridized carbons (Fsp3) is 0.364. The van der Waals surface area contributed by atoms with E-state index in [2.05, 4.69) is 4.72 Å². The zero-order chi connectivity index (χ0) is 22.6. The van der Waals surface area contributed by atoms with Crippen molar-refractivity contribution in [2.24, 2.45) is 5.92 Å². The van der Waals surface area contributed by atoms with E-state index in [4.69, 9.17) is 16.3 Å². The number of sulfonamides is 1. The van der Waals surface area contributed by atoms with Crippen LogP contribution in [0.2, 0.25) is 5.02 Å². The minimum absolute atomic E-state index is 0.127. The molecule has 1 amide bonds. The Labute approximate surface area is 187 Å². The van der Waals surface area contributed by atoms with Crippen molar-refractivity contribution >= 4 is 39.2 Å². The van der Waals surface area contributed by atoms with E-state index >= 15 is 0 Å². The Hall–Kier alpha value is -2.58. The van der Waals surface area contributed by atoms with E-state index < -0.39 is 10.0 Å². The topological polar surface area (TPSA) is 92.8 Å². The van der Waals surface area contributed by atoms with Crippen molar-refractivity contribution in [2.45, 2.75) is 31.6 Å². The SMILES string of the molecule is CCOC(=O)C1CCN(C(=O)c2cc(NS(=O)(=O)c3ccc(C)cc3)ccc2Cl)CC1. The van der Waals surface area contributed by atoms with Gasteiger partial charge in [0, 0.05) is 18.8 Å². The molecule has 1 fully saturated rings. The molecule has 0 atom stereocenters. The number of hydrogen-bond donors (Lipinski definition) is 1. The number of likely N-dealkylation sites (tertiary alicyclic amines) is 1. The van der Waals surface area contributed by atoms with E-state index in [0.29, 0.717) is 32.5 Å². The Kier molecular flexibility index (Phi) is 7.23.